The average molecular weight is 311 g/mol. The predicted molar refractivity (Wildman–Crippen MR) is 70.9 cm³/mol. The molecular weight excluding hydrogens is 300 g/mol. The molecule has 1 heterocycles. The zero-order valence-corrected chi connectivity index (χ0v) is 11.1. The van der Waals surface area contributed by atoms with Gasteiger partial charge in [0.25, 0.3) is 5.91 Å². The zero-order chi connectivity index (χ0) is 16.1. The number of para-hydroxylation sites is 2. The first-order valence-electron chi connectivity index (χ1n) is 6.06. The van der Waals surface area contributed by atoms with Crippen LogP contribution in [-0.4, -0.2) is 33.4 Å². The smallest absolute Gasteiger partial charge is 0.387 e. The van der Waals surface area contributed by atoms with Crippen molar-refractivity contribution < 1.29 is 28.2 Å². The Morgan fingerprint density at radius 2 is 2.05 bits per heavy atom. The number of nitrogens with one attached hydrogen (secondary N) is 1. The van der Waals surface area contributed by atoms with Crippen LogP contribution < -0.4 is 10.1 Å². The first kappa shape index (κ1) is 15.4. The molecule has 0 aliphatic rings. The number of hydrogen-bond donors (Lipinski definition) is 2. The lowest BCUT2D eigenvalue weighted by atomic mass is 10.2. The maximum atomic E-state index is 12.3. The number of nitrogens with zero attached hydrogens (tertiary/aromatic N) is 2. The highest BCUT2D eigenvalue weighted by Crippen LogP contribution is 2.25. The van der Waals surface area contributed by atoms with Gasteiger partial charge in [0.15, 0.2) is 0 Å². The molecule has 1 aromatic heterocycles. The van der Waals surface area contributed by atoms with E-state index in [9.17, 15) is 18.4 Å². The molecule has 0 unspecified atom stereocenters. The third-order valence-corrected chi connectivity index (χ3v) is 2.59. The van der Waals surface area contributed by atoms with E-state index in [4.69, 9.17) is 5.11 Å². The molecule has 0 bridgehead atoms. The van der Waals surface area contributed by atoms with Crippen LogP contribution >= 0.6 is 0 Å². The molecule has 1 amide bonds. The summed E-state index contributed by atoms with van der Waals surface area (Å²) in [4.78, 5) is 22.8. The van der Waals surface area contributed by atoms with Gasteiger partial charge in [-0.05, 0) is 18.2 Å². The van der Waals surface area contributed by atoms with E-state index < -0.39 is 25.0 Å². The van der Waals surface area contributed by atoms with Crippen molar-refractivity contribution >= 4 is 17.6 Å². The lowest BCUT2D eigenvalue weighted by molar-refractivity contribution is -0.137. The lowest BCUT2D eigenvalue weighted by Gasteiger charge is -2.12. The molecule has 0 fully saturated rings. The van der Waals surface area contributed by atoms with E-state index in [1.54, 1.807) is 0 Å². The monoisotopic (exact) mass is 311 g/mol. The van der Waals surface area contributed by atoms with Gasteiger partial charge in [0, 0.05) is 6.20 Å². The maximum absolute atomic E-state index is 12.3. The number of carboxylic acid groups (broad SMARTS) is 1. The van der Waals surface area contributed by atoms with Gasteiger partial charge in [0.1, 0.15) is 18.0 Å². The Morgan fingerprint density at radius 3 is 2.73 bits per heavy atom. The van der Waals surface area contributed by atoms with Crippen molar-refractivity contribution in [3.05, 3.63) is 42.2 Å². The number of carboxylic acids is 1. The highest BCUT2D eigenvalue weighted by Gasteiger charge is 2.17. The van der Waals surface area contributed by atoms with E-state index in [1.807, 2.05) is 0 Å². The van der Waals surface area contributed by atoms with E-state index in [0.29, 0.717) is 0 Å². The van der Waals surface area contributed by atoms with Crippen molar-refractivity contribution in [1.29, 1.82) is 0 Å². The Balaban J connectivity index is 2.19. The van der Waals surface area contributed by atoms with Crippen molar-refractivity contribution in [1.82, 2.24) is 9.78 Å². The van der Waals surface area contributed by atoms with Crippen LogP contribution in [0.25, 0.3) is 0 Å². The van der Waals surface area contributed by atoms with E-state index in [0.717, 1.165) is 4.68 Å². The molecule has 0 atom stereocenters. The molecule has 7 nitrogen and oxygen atoms in total. The van der Waals surface area contributed by atoms with E-state index in [-0.39, 0.29) is 17.1 Å². The number of alkyl halides is 2. The largest absolute Gasteiger partial charge is 0.480 e. The van der Waals surface area contributed by atoms with Gasteiger partial charge in [-0.2, -0.15) is 13.9 Å². The van der Waals surface area contributed by atoms with Crippen LogP contribution in [-0.2, 0) is 11.3 Å². The first-order valence-corrected chi connectivity index (χ1v) is 6.06. The summed E-state index contributed by atoms with van der Waals surface area (Å²) in [5, 5.41) is 14.8. The summed E-state index contributed by atoms with van der Waals surface area (Å²) in [5.41, 5.74) is 0.0186. The number of benzene rings is 1. The molecule has 0 aliphatic heterocycles. The van der Waals surface area contributed by atoms with Gasteiger partial charge >= 0.3 is 12.6 Å². The van der Waals surface area contributed by atoms with Gasteiger partial charge in [0.2, 0.25) is 0 Å². The fraction of sp³-hybridized carbons (Fsp3) is 0.154. The summed E-state index contributed by atoms with van der Waals surface area (Å²) < 4.78 is 29.9. The second kappa shape index (κ2) is 6.66. The van der Waals surface area contributed by atoms with Gasteiger partial charge in [-0.3, -0.25) is 9.59 Å². The van der Waals surface area contributed by atoms with Crippen molar-refractivity contribution in [3.63, 3.8) is 0 Å². The average Bonchev–Trinajstić information content (AvgIpc) is 2.87. The van der Waals surface area contributed by atoms with Gasteiger partial charge in [0.05, 0.1) is 5.69 Å². The standard InChI is InChI=1S/C13H11F2N3O4/c14-13(15)22-10-4-2-1-3-8(10)17-12(21)9-5-6-16-18(9)7-11(19)20/h1-6,13H,7H2,(H,17,21)(H,19,20). The number of aliphatic carboxylic acids is 1. The number of aromatic nitrogens is 2. The molecule has 0 radical (unpaired) electrons. The number of hydrogen-bond acceptors (Lipinski definition) is 4. The van der Waals surface area contributed by atoms with Crippen molar-refractivity contribution in [2.45, 2.75) is 13.2 Å². The number of amides is 1. The summed E-state index contributed by atoms with van der Waals surface area (Å²) in [5.74, 6) is -2.06. The summed E-state index contributed by atoms with van der Waals surface area (Å²) in [6.45, 7) is -3.53. The molecule has 0 saturated heterocycles. The quantitative estimate of drug-likeness (QED) is 0.849. The Bertz CT molecular complexity index is 687. The van der Waals surface area contributed by atoms with Crippen LogP contribution in [0.5, 0.6) is 5.75 Å². The molecule has 0 aliphatic carbocycles. The van der Waals surface area contributed by atoms with Crippen molar-refractivity contribution in [2.75, 3.05) is 5.32 Å². The van der Waals surface area contributed by atoms with Crippen molar-refractivity contribution in [2.24, 2.45) is 0 Å². The second-order valence-electron chi connectivity index (χ2n) is 4.10. The Kier molecular flexibility index (Phi) is 4.66. The number of rotatable bonds is 6. The fourth-order valence-corrected chi connectivity index (χ4v) is 1.73. The Morgan fingerprint density at radius 1 is 1.32 bits per heavy atom. The van der Waals surface area contributed by atoms with Crippen LogP contribution in [0, 0.1) is 0 Å². The van der Waals surface area contributed by atoms with Crippen LogP contribution in [0.2, 0.25) is 0 Å². The third-order valence-electron chi connectivity index (χ3n) is 2.59. The molecular formula is C13H11F2N3O4. The minimum atomic E-state index is -3.03. The number of carbonyl (C=O) groups excluding carboxylic acids is 1. The summed E-state index contributed by atoms with van der Waals surface area (Å²) in [6.07, 6.45) is 1.26. The van der Waals surface area contributed by atoms with Gasteiger partial charge in [-0.15, -0.1) is 0 Å². The number of anilines is 1. The lowest BCUT2D eigenvalue weighted by Crippen LogP contribution is -2.21. The first-order chi connectivity index (χ1) is 10.5. The molecule has 2 aromatic rings. The van der Waals surface area contributed by atoms with Gasteiger partial charge < -0.3 is 15.2 Å². The normalized spacial score (nSPS) is 10.5. The zero-order valence-electron chi connectivity index (χ0n) is 11.1. The number of carbonyl (C=O) groups is 2. The molecule has 0 spiro atoms. The second-order valence-corrected chi connectivity index (χ2v) is 4.10. The van der Waals surface area contributed by atoms with Crippen LogP contribution in [0.3, 0.4) is 0 Å². The summed E-state index contributed by atoms with van der Waals surface area (Å²) >= 11 is 0. The van der Waals surface area contributed by atoms with E-state index in [1.165, 1.54) is 36.5 Å². The van der Waals surface area contributed by atoms with Gasteiger partial charge in [-0.1, -0.05) is 12.1 Å². The number of halogens is 2. The molecule has 116 valence electrons. The molecule has 9 heteroatoms. The molecule has 2 rings (SSSR count). The predicted octanol–water partition coefficient (Wildman–Crippen LogP) is 1.82. The molecule has 0 saturated carbocycles. The molecule has 22 heavy (non-hydrogen) atoms. The minimum Gasteiger partial charge on any atom is -0.480 e. The van der Waals surface area contributed by atoms with Crippen LogP contribution in [0.1, 0.15) is 10.5 Å². The minimum absolute atomic E-state index is 0.0192. The fourth-order valence-electron chi connectivity index (χ4n) is 1.73. The van der Waals surface area contributed by atoms with Crippen LogP contribution in [0.15, 0.2) is 36.5 Å². The molecule has 1 aromatic carbocycles. The summed E-state index contributed by atoms with van der Waals surface area (Å²) in [6, 6.07) is 6.98. The third kappa shape index (κ3) is 3.78. The summed E-state index contributed by atoms with van der Waals surface area (Å²) in [7, 11) is 0. The van der Waals surface area contributed by atoms with Crippen LogP contribution in [0.4, 0.5) is 14.5 Å². The number of ether oxygens (including phenoxy) is 1. The van der Waals surface area contributed by atoms with E-state index in [2.05, 4.69) is 15.2 Å². The highest BCUT2D eigenvalue weighted by molar-refractivity contribution is 6.04. The highest BCUT2D eigenvalue weighted by atomic mass is 19.3. The topological polar surface area (TPSA) is 93.5 Å². The Labute approximate surface area is 123 Å². The SMILES string of the molecule is O=C(O)Cn1nccc1C(=O)Nc1ccccc1OC(F)F. The van der Waals surface area contributed by atoms with Crippen molar-refractivity contribution in [3.8, 4) is 5.75 Å². The molecule has 2 N–H and O–H groups in total. The Hall–Kier alpha value is -2.97. The van der Waals surface area contributed by atoms with Gasteiger partial charge in [-0.25, -0.2) is 4.68 Å². The maximum Gasteiger partial charge on any atom is 0.387 e. The van der Waals surface area contributed by atoms with E-state index >= 15 is 0 Å².